The maximum absolute atomic E-state index is 4.92. The van der Waals surface area contributed by atoms with Gasteiger partial charge >= 0.3 is 0 Å². The Morgan fingerprint density at radius 3 is 2.48 bits per heavy atom. The molecule has 27 heavy (non-hydrogen) atoms. The molecule has 0 aliphatic heterocycles. The van der Waals surface area contributed by atoms with Crippen LogP contribution in [0.15, 0.2) is 66.7 Å². The highest BCUT2D eigenvalue weighted by Crippen LogP contribution is 2.34. The smallest absolute Gasteiger partial charge is 0.236 e. The lowest BCUT2D eigenvalue weighted by Crippen LogP contribution is -2.30. The van der Waals surface area contributed by atoms with Gasteiger partial charge in [-0.3, -0.25) is 0 Å². The lowest BCUT2D eigenvalue weighted by atomic mass is 10.1. The number of hydrogen-bond donors (Lipinski definition) is 0. The maximum atomic E-state index is 4.92. The van der Waals surface area contributed by atoms with Crippen molar-refractivity contribution in [1.29, 1.82) is 0 Å². The molecule has 0 N–H and O–H groups in total. The van der Waals surface area contributed by atoms with Crippen LogP contribution in [0, 0.1) is 6.92 Å². The van der Waals surface area contributed by atoms with Crippen molar-refractivity contribution in [2.45, 2.75) is 6.92 Å². The van der Waals surface area contributed by atoms with Crippen LogP contribution in [-0.4, -0.2) is 9.55 Å². The molecule has 0 saturated heterocycles. The summed E-state index contributed by atoms with van der Waals surface area (Å²) in [5.41, 5.74) is 7.20. The van der Waals surface area contributed by atoms with E-state index in [1.807, 2.05) is 6.07 Å². The molecule has 5 rings (SSSR count). The van der Waals surface area contributed by atoms with Gasteiger partial charge in [-0.1, -0.05) is 42.5 Å². The number of hydrogen-bond acceptors (Lipinski definition) is 2. The van der Waals surface area contributed by atoms with Gasteiger partial charge in [0.15, 0.2) is 11.0 Å². The number of thiazole rings is 1. The molecule has 0 radical (unpaired) electrons. The van der Waals surface area contributed by atoms with Crippen LogP contribution in [-0.2, 0) is 14.1 Å². The minimum Gasteiger partial charge on any atom is -0.236 e. The van der Waals surface area contributed by atoms with Crippen LogP contribution in [0.3, 0.4) is 0 Å². The Bertz CT molecular complexity index is 1260. The number of aryl methyl sites for hydroxylation is 3. The normalized spacial score (nSPS) is 11.5. The second-order valence-corrected chi connectivity index (χ2v) is 7.98. The molecule has 0 spiro atoms. The van der Waals surface area contributed by atoms with Crippen molar-refractivity contribution >= 4 is 32.6 Å². The van der Waals surface area contributed by atoms with E-state index in [9.17, 15) is 0 Å². The minimum atomic E-state index is 1.06. The predicted octanol–water partition coefficient (Wildman–Crippen LogP) is 5.25. The van der Waals surface area contributed by atoms with Gasteiger partial charge in [-0.05, 0) is 36.8 Å². The summed E-state index contributed by atoms with van der Waals surface area (Å²) in [6, 6.07) is 23.4. The predicted molar refractivity (Wildman–Crippen MR) is 113 cm³/mol. The molecule has 4 heteroatoms. The standard InChI is InChI=1S/C23H20N3S/c1-15-13-21-18(24-22(27-21)16-9-5-4-6-10-16)14-17(15)23-25(2)19-11-7-8-12-20(19)26(23)3/h4-14H,1-3H3/q+1. The largest absolute Gasteiger partial charge is 0.289 e. The molecule has 0 bridgehead atoms. The first-order valence-corrected chi connectivity index (χ1v) is 9.85. The van der Waals surface area contributed by atoms with Crippen molar-refractivity contribution in [3.05, 3.63) is 72.3 Å². The van der Waals surface area contributed by atoms with Gasteiger partial charge in [0, 0.05) is 5.56 Å². The zero-order chi connectivity index (χ0) is 18.5. The van der Waals surface area contributed by atoms with E-state index in [-0.39, 0.29) is 0 Å². The van der Waals surface area contributed by atoms with Crippen LogP contribution in [0.5, 0.6) is 0 Å². The average Bonchev–Trinajstić information content (AvgIpc) is 3.21. The molecule has 0 aliphatic carbocycles. The molecule has 5 aromatic rings. The highest BCUT2D eigenvalue weighted by Gasteiger charge is 2.23. The summed E-state index contributed by atoms with van der Waals surface area (Å²) < 4.78 is 5.78. The zero-order valence-corrected chi connectivity index (χ0v) is 16.4. The van der Waals surface area contributed by atoms with Gasteiger partial charge in [0.2, 0.25) is 0 Å². The summed E-state index contributed by atoms with van der Waals surface area (Å²) in [6.45, 7) is 2.19. The molecular formula is C23H20N3S+. The Morgan fingerprint density at radius 1 is 0.963 bits per heavy atom. The number of para-hydroxylation sites is 2. The molecule has 132 valence electrons. The van der Waals surface area contributed by atoms with Crippen LogP contribution in [0.1, 0.15) is 5.56 Å². The van der Waals surface area contributed by atoms with Crippen LogP contribution in [0.4, 0.5) is 0 Å². The number of benzene rings is 3. The van der Waals surface area contributed by atoms with Gasteiger partial charge in [-0.25, -0.2) is 14.1 Å². The van der Waals surface area contributed by atoms with E-state index in [0.29, 0.717) is 0 Å². The van der Waals surface area contributed by atoms with Gasteiger partial charge in [0.1, 0.15) is 5.01 Å². The Hall–Kier alpha value is -2.98. The summed E-state index contributed by atoms with van der Waals surface area (Å²) in [7, 11) is 4.27. The number of rotatable bonds is 2. The third-order valence-corrected chi connectivity index (χ3v) is 6.30. The first kappa shape index (κ1) is 16.2. The van der Waals surface area contributed by atoms with E-state index in [0.717, 1.165) is 10.5 Å². The molecular weight excluding hydrogens is 350 g/mol. The van der Waals surface area contributed by atoms with Crippen molar-refractivity contribution in [2.24, 2.45) is 14.1 Å². The fourth-order valence-electron chi connectivity index (χ4n) is 3.87. The van der Waals surface area contributed by atoms with Crippen molar-refractivity contribution in [3.63, 3.8) is 0 Å². The van der Waals surface area contributed by atoms with Crippen LogP contribution in [0.25, 0.3) is 43.2 Å². The quantitative estimate of drug-likeness (QED) is 0.389. The summed E-state index contributed by atoms with van der Waals surface area (Å²) >= 11 is 1.76. The second-order valence-electron chi connectivity index (χ2n) is 6.95. The summed E-state index contributed by atoms with van der Waals surface area (Å²) in [5, 5.41) is 1.07. The molecule has 0 fully saturated rings. The van der Waals surface area contributed by atoms with Crippen molar-refractivity contribution < 1.29 is 4.57 Å². The number of fused-ring (bicyclic) bond motifs is 2. The lowest BCUT2D eigenvalue weighted by Gasteiger charge is -2.03. The van der Waals surface area contributed by atoms with Gasteiger partial charge in [-0.2, -0.15) is 0 Å². The fourth-order valence-corrected chi connectivity index (χ4v) is 4.92. The molecule has 0 amide bonds. The van der Waals surface area contributed by atoms with Crippen LogP contribution >= 0.6 is 11.3 Å². The van der Waals surface area contributed by atoms with E-state index in [2.05, 4.69) is 90.8 Å². The number of imidazole rings is 1. The maximum Gasteiger partial charge on any atom is 0.289 e. The van der Waals surface area contributed by atoms with E-state index in [1.165, 1.54) is 38.2 Å². The van der Waals surface area contributed by atoms with Gasteiger partial charge in [0.05, 0.1) is 29.9 Å². The Kier molecular flexibility index (Phi) is 3.62. The van der Waals surface area contributed by atoms with E-state index < -0.39 is 0 Å². The van der Waals surface area contributed by atoms with Gasteiger partial charge < -0.3 is 0 Å². The molecule has 0 atom stereocenters. The van der Waals surface area contributed by atoms with Crippen LogP contribution < -0.4 is 4.57 Å². The molecule has 0 unspecified atom stereocenters. The van der Waals surface area contributed by atoms with E-state index >= 15 is 0 Å². The number of nitrogens with zero attached hydrogens (tertiary/aromatic N) is 3. The Balaban J connectivity index is 1.74. The lowest BCUT2D eigenvalue weighted by molar-refractivity contribution is -0.634. The zero-order valence-electron chi connectivity index (χ0n) is 15.6. The monoisotopic (exact) mass is 370 g/mol. The second kappa shape index (κ2) is 6.03. The Morgan fingerprint density at radius 2 is 1.70 bits per heavy atom. The van der Waals surface area contributed by atoms with Gasteiger partial charge in [-0.15, -0.1) is 11.3 Å². The van der Waals surface area contributed by atoms with E-state index in [1.54, 1.807) is 11.3 Å². The molecule has 3 aromatic carbocycles. The van der Waals surface area contributed by atoms with Crippen molar-refractivity contribution in [3.8, 4) is 22.0 Å². The third-order valence-electron chi connectivity index (χ3n) is 5.24. The topological polar surface area (TPSA) is 21.7 Å². The van der Waals surface area contributed by atoms with E-state index in [4.69, 9.17) is 4.98 Å². The molecule has 3 nitrogen and oxygen atoms in total. The fraction of sp³-hybridized carbons (Fsp3) is 0.130. The highest BCUT2D eigenvalue weighted by molar-refractivity contribution is 7.21. The molecule has 0 aliphatic rings. The molecule has 2 aromatic heterocycles. The third kappa shape index (κ3) is 2.48. The first-order valence-electron chi connectivity index (χ1n) is 9.04. The summed E-state index contributed by atoms with van der Waals surface area (Å²) in [4.78, 5) is 4.92. The summed E-state index contributed by atoms with van der Waals surface area (Å²) in [5.74, 6) is 1.20. The SMILES string of the molecule is Cc1cc2sc(-c3ccccc3)nc2cc1-c1n(C)c2ccccc2[n+]1C. The minimum absolute atomic E-state index is 1.06. The first-order chi connectivity index (χ1) is 13.1. The highest BCUT2D eigenvalue weighted by atomic mass is 32.1. The average molecular weight is 371 g/mol. The molecule has 0 saturated carbocycles. The van der Waals surface area contributed by atoms with Crippen LogP contribution in [0.2, 0.25) is 0 Å². The van der Waals surface area contributed by atoms with Crippen molar-refractivity contribution in [2.75, 3.05) is 0 Å². The number of aromatic nitrogens is 3. The Labute approximate surface area is 162 Å². The van der Waals surface area contributed by atoms with Gasteiger partial charge in [0.25, 0.3) is 5.82 Å². The molecule has 2 heterocycles. The summed E-state index contributed by atoms with van der Waals surface area (Å²) in [6.07, 6.45) is 0. The van der Waals surface area contributed by atoms with Crippen molar-refractivity contribution in [1.82, 2.24) is 9.55 Å².